The molecule has 0 atom stereocenters. The van der Waals surface area contributed by atoms with E-state index in [4.69, 9.17) is 0 Å². The molecule has 0 bridgehead atoms. The van der Waals surface area contributed by atoms with Crippen LogP contribution in [0.15, 0.2) is 6.07 Å². The van der Waals surface area contributed by atoms with Gasteiger partial charge in [-0.2, -0.15) is 0 Å². The molecule has 1 aromatic carbocycles. The molecule has 0 aromatic heterocycles. The quantitative estimate of drug-likeness (QED) is 0.263. The zero-order valence-electron chi connectivity index (χ0n) is 4.97. The summed E-state index contributed by atoms with van der Waals surface area (Å²) in [5.41, 5.74) is 0. The van der Waals surface area contributed by atoms with Gasteiger partial charge in [-0.3, -0.25) is 0 Å². The molecule has 1 aromatic rings. The average Bonchev–Trinajstić information content (AvgIpc) is 1.97. The van der Waals surface area contributed by atoms with E-state index in [0.29, 0.717) is 0 Å². The van der Waals surface area contributed by atoms with Gasteiger partial charge in [0.05, 0.1) is 0 Å². The molecule has 0 saturated carbocycles. The zero-order valence-corrected chi connectivity index (χ0v) is 4.97. The van der Waals surface area contributed by atoms with Crippen LogP contribution in [0.2, 0.25) is 0 Å². The first kappa shape index (κ1) is 12.5. The van der Waals surface area contributed by atoms with Gasteiger partial charge >= 0.3 is 51.4 Å². The van der Waals surface area contributed by atoms with Crippen molar-refractivity contribution in [2.24, 2.45) is 0 Å². The molecule has 12 heavy (non-hydrogen) atoms. The van der Waals surface area contributed by atoms with Gasteiger partial charge in [-0.15, -0.1) is 0 Å². The van der Waals surface area contributed by atoms with Crippen LogP contribution in [0.3, 0.4) is 0 Å². The fourth-order valence-corrected chi connectivity index (χ4v) is 0.544. The van der Waals surface area contributed by atoms with Crippen LogP contribution in [0.4, 0.5) is 22.0 Å². The molecular weight excluding hydrogens is 206 g/mol. The summed E-state index contributed by atoms with van der Waals surface area (Å²) in [6.45, 7) is 0. The first-order valence-corrected chi connectivity index (χ1v) is 2.52. The molecule has 0 saturated heterocycles. The molecule has 0 N–H and O–H groups in total. The molecule has 0 aliphatic rings. The van der Waals surface area contributed by atoms with Crippen LogP contribution in [0.1, 0.15) is 0 Å². The van der Waals surface area contributed by atoms with Crippen molar-refractivity contribution in [3.8, 4) is 0 Å². The second-order valence-corrected chi connectivity index (χ2v) is 1.78. The number of hydrogen-bond acceptors (Lipinski definition) is 0. The van der Waals surface area contributed by atoms with Gasteiger partial charge in [0.1, 0.15) is 0 Å². The first-order chi connectivity index (χ1) is 5.04. The number of rotatable bonds is 0. The third-order valence-electron chi connectivity index (χ3n) is 1.06. The molecule has 6 heteroatoms. The van der Waals surface area contributed by atoms with Crippen LogP contribution in [-0.2, 0) is 0 Å². The Labute approximate surface area is 107 Å². The molecule has 0 unspecified atom stereocenters. The monoisotopic (exact) mass is 208 g/mol. The fourth-order valence-electron chi connectivity index (χ4n) is 0.544. The molecule has 0 aliphatic carbocycles. The normalized spacial score (nSPS) is 9.42. The summed E-state index contributed by atoms with van der Waals surface area (Å²) >= 11 is 0. The third kappa shape index (κ3) is 2.26. The summed E-state index contributed by atoms with van der Waals surface area (Å²) in [5, 5.41) is 0. The molecule has 0 aliphatic heterocycles. The Hall–Kier alpha value is 0.506. The van der Waals surface area contributed by atoms with E-state index in [9.17, 15) is 22.0 Å². The van der Waals surface area contributed by atoms with Crippen LogP contribution < -0.4 is 0 Å². The van der Waals surface area contributed by atoms with E-state index in [0.717, 1.165) is 0 Å². The Morgan fingerprint density at radius 3 is 1.33 bits per heavy atom. The number of hydrogen-bond donors (Lipinski definition) is 0. The van der Waals surface area contributed by atoms with Crippen molar-refractivity contribution in [2.45, 2.75) is 0 Å². The maximum atomic E-state index is 12.0. The molecule has 0 fully saturated rings. The van der Waals surface area contributed by atoms with Crippen molar-refractivity contribution in [1.29, 1.82) is 0 Å². The Morgan fingerprint density at radius 2 is 1.00 bits per heavy atom. The molecular formula is C6H2F5K. The van der Waals surface area contributed by atoms with Gasteiger partial charge in [-0.1, -0.05) is 0 Å². The van der Waals surface area contributed by atoms with Gasteiger partial charge in [0.15, 0.2) is 23.3 Å². The molecule has 0 radical (unpaired) electrons. The van der Waals surface area contributed by atoms with E-state index < -0.39 is 29.1 Å². The standard InChI is InChI=1S/C6HF5.K.H/c7-2-1-3(8)5(10)6(11)4(2)9;;/h1H;;. The van der Waals surface area contributed by atoms with Crippen molar-refractivity contribution < 1.29 is 22.0 Å². The van der Waals surface area contributed by atoms with Crippen molar-refractivity contribution in [3.05, 3.63) is 35.2 Å². The van der Waals surface area contributed by atoms with Crippen LogP contribution >= 0.6 is 0 Å². The van der Waals surface area contributed by atoms with E-state index in [1.54, 1.807) is 0 Å². The van der Waals surface area contributed by atoms with E-state index in [2.05, 4.69) is 0 Å². The maximum absolute atomic E-state index is 12.0. The molecule has 0 spiro atoms. The van der Waals surface area contributed by atoms with Gasteiger partial charge in [-0.25, -0.2) is 22.0 Å². The second kappa shape index (κ2) is 4.66. The SMILES string of the molecule is Fc1cc(F)c(F)c(F)c1F.[KH]. The van der Waals surface area contributed by atoms with Gasteiger partial charge in [-0.05, 0) is 0 Å². The Kier molecular flexibility index (Phi) is 4.86. The second-order valence-electron chi connectivity index (χ2n) is 1.78. The van der Waals surface area contributed by atoms with Gasteiger partial charge in [0.2, 0.25) is 5.82 Å². The van der Waals surface area contributed by atoms with E-state index in [1.807, 2.05) is 0 Å². The van der Waals surface area contributed by atoms with Crippen molar-refractivity contribution in [1.82, 2.24) is 0 Å². The van der Waals surface area contributed by atoms with E-state index in [-0.39, 0.29) is 57.5 Å². The summed E-state index contributed by atoms with van der Waals surface area (Å²) in [4.78, 5) is 0. The predicted octanol–water partition coefficient (Wildman–Crippen LogP) is 1.73. The van der Waals surface area contributed by atoms with Gasteiger partial charge < -0.3 is 0 Å². The molecule has 0 amide bonds. The average molecular weight is 208 g/mol. The Morgan fingerprint density at radius 1 is 0.667 bits per heavy atom. The number of benzene rings is 1. The summed E-state index contributed by atoms with van der Waals surface area (Å²) < 4.78 is 60.0. The van der Waals surface area contributed by atoms with Crippen LogP contribution in [0.5, 0.6) is 0 Å². The zero-order chi connectivity index (χ0) is 8.59. The van der Waals surface area contributed by atoms with E-state index >= 15 is 0 Å². The van der Waals surface area contributed by atoms with Crippen molar-refractivity contribution in [3.63, 3.8) is 0 Å². The van der Waals surface area contributed by atoms with Crippen LogP contribution in [0.25, 0.3) is 0 Å². The third-order valence-corrected chi connectivity index (χ3v) is 1.06. The Bertz CT molecular complexity index is 272. The minimum atomic E-state index is -2.14. The van der Waals surface area contributed by atoms with E-state index in [1.165, 1.54) is 0 Å². The molecule has 62 valence electrons. The summed E-state index contributed by atoms with van der Waals surface area (Å²) in [7, 11) is 0. The molecule has 0 nitrogen and oxygen atoms in total. The summed E-state index contributed by atoms with van der Waals surface area (Å²) in [5.74, 6) is -9.65. The van der Waals surface area contributed by atoms with Crippen molar-refractivity contribution in [2.75, 3.05) is 0 Å². The van der Waals surface area contributed by atoms with Crippen LogP contribution in [-0.4, -0.2) is 51.4 Å². The van der Waals surface area contributed by atoms with Gasteiger partial charge in [0, 0.05) is 6.07 Å². The molecule has 1 rings (SSSR count). The fraction of sp³-hybridized carbons (Fsp3) is 0. The predicted molar refractivity (Wildman–Crippen MR) is 33.4 cm³/mol. The minimum absolute atomic E-state index is 0. The van der Waals surface area contributed by atoms with Crippen molar-refractivity contribution >= 4 is 51.4 Å². The first-order valence-electron chi connectivity index (χ1n) is 2.52. The summed E-state index contributed by atoms with van der Waals surface area (Å²) in [6.07, 6.45) is 0. The molecule has 0 heterocycles. The topological polar surface area (TPSA) is 0 Å². The summed E-state index contributed by atoms with van der Waals surface area (Å²) in [6, 6.07) is -0.0618. The van der Waals surface area contributed by atoms with Crippen LogP contribution in [0, 0.1) is 29.1 Å². The number of halogens is 5. The van der Waals surface area contributed by atoms with Gasteiger partial charge in [0.25, 0.3) is 0 Å². The Balaban J connectivity index is 0.00000121.